The molecule has 0 aliphatic carbocycles. The van der Waals surface area contributed by atoms with Crippen LogP contribution >= 0.6 is 0 Å². The number of ketones is 1. The van der Waals surface area contributed by atoms with Crippen molar-refractivity contribution in [1.29, 1.82) is 0 Å². The van der Waals surface area contributed by atoms with Gasteiger partial charge in [0.25, 0.3) is 0 Å². The predicted molar refractivity (Wildman–Crippen MR) is 119 cm³/mol. The fraction of sp³-hybridized carbons (Fsp3) is 0.462. The Morgan fingerprint density at radius 2 is 1.53 bits per heavy atom. The van der Waals surface area contributed by atoms with Crippen molar-refractivity contribution in [3.63, 3.8) is 0 Å². The molecule has 1 unspecified atom stereocenters. The molecule has 1 heterocycles. The Labute approximate surface area is 180 Å². The first kappa shape index (κ1) is 22.2. The van der Waals surface area contributed by atoms with Gasteiger partial charge in [0, 0.05) is 13.0 Å². The van der Waals surface area contributed by atoms with Gasteiger partial charge in [0.05, 0.1) is 0 Å². The first-order valence-electron chi connectivity index (χ1n) is 10.9. The predicted octanol–water partition coefficient (Wildman–Crippen LogP) is 4.98. The van der Waals surface area contributed by atoms with Crippen molar-refractivity contribution in [2.24, 2.45) is 5.92 Å². The third-order valence-electron chi connectivity index (χ3n) is 5.54. The number of rotatable bonds is 7. The zero-order chi connectivity index (χ0) is 21.6. The van der Waals surface area contributed by atoms with Crippen LogP contribution < -0.4 is 0 Å². The highest BCUT2D eigenvalue weighted by molar-refractivity contribution is 6.04. The molecular formula is C26H33NO3. The molecule has 1 aliphatic rings. The van der Waals surface area contributed by atoms with Gasteiger partial charge in [-0.25, -0.2) is 0 Å². The Kier molecular flexibility index (Phi) is 7.43. The fourth-order valence-corrected chi connectivity index (χ4v) is 4.05. The highest BCUT2D eigenvalue weighted by Crippen LogP contribution is 2.28. The summed E-state index contributed by atoms with van der Waals surface area (Å²) in [7, 11) is 0. The quantitative estimate of drug-likeness (QED) is 0.479. The summed E-state index contributed by atoms with van der Waals surface area (Å²) in [4.78, 5) is 28.5. The lowest BCUT2D eigenvalue weighted by Crippen LogP contribution is -2.36. The number of nitrogens with zero attached hydrogens (tertiary/aromatic N) is 1. The first-order valence-corrected chi connectivity index (χ1v) is 10.9. The van der Waals surface area contributed by atoms with Crippen molar-refractivity contribution in [3.05, 3.63) is 71.8 Å². The SMILES string of the molecule is CC(C)(C)OC(=O)C(C(=O)CC1CCN(Cc2ccccc2)CC1)c1ccccc1. The van der Waals surface area contributed by atoms with Crippen LogP contribution in [0.1, 0.15) is 57.1 Å². The van der Waals surface area contributed by atoms with Gasteiger partial charge >= 0.3 is 5.97 Å². The molecule has 1 fully saturated rings. The molecule has 1 atom stereocenters. The van der Waals surface area contributed by atoms with Crippen LogP contribution in [0.15, 0.2) is 60.7 Å². The Balaban J connectivity index is 1.60. The van der Waals surface area contributed by atoms with Crippen LogP contribution in [0, 0.1) is 5.92 Å². The Hall–Kier alpha value is -2.46. The topological polar surface area (TPSA) is 46.6 Å². The monoisotopic (exact) mass is 407 g/mol. The smallest absolute Gasteiger partial charge is 0.321 e. The van der Waals surface area contributed by atoms with Gasteiger partial charge < -0.3 is 4.74 Å². The lowest BCUT2D eigenvalue weighted by Gasteiger charge is -2.32. The molecule has 1 aliphatic heterocycles. The largest absolute Gasteiger partial charge is 0.459 e. The molecule has 3 rings (SSSR count). The lowest BCUT2D eigenvalue weighted by molar-refractivity contribution is -0.158. The van der Waals surface area contributed by atoms with Gasteiger partial charge in [-0.15, -0.1) is 0 Å². The Bertz CT molecular complexity index is 818. The summed E-state index contributed by atoms with van der Waals surface area (Å²) in [5, 5.41) is 0. The van der Waals surface area contributed by atoms with Crippen LogP contribution in [0.25, 0.3) is 0 Å². The molecule has 0 aromatic heterocycles. The number of benzene rings is 2. The second-order valence-corrected chi connectivity index (χ2v) is 9.25. The van der Waals surface area contributed by atoms with Crippen LogP contribution in [-0.4, -0.2) is 35.3 Å². The van der Waals surface area contributed by atoms with E-state index in [1.807, 2.05) is 57.2 Å². The second kappa shape index (κ2) is 10.0. The summed E-state index contributed by atoms with van der Waals surface area (Å²) in [6.07, 6.45) is 2.39. The van der Waals surface area contributed by atoms with Crippen molar-refractivity contribution in [1.82, 2.24) is 4.90 Å². The Morgan fingerprint density at radius 3 is 2.10 bits per heavy atom. The van der Waals surface area contributed by atoms with E-state index in [0.717, 1.165) is 38.0 Å². The van der Waals surface area contributed by atoms with E-state index < -0.39 is 17.5 Å². The Morgan fingerprint density at radius 1 is 0.967 bits per heavy atom. The summed E-state index contributed by atoms with van der Waals surface area (Å²) >= 11 is 0. The number of carbonyl (C=O) groups excluding carboxylic acids is 2. The minimum absolute atomic E-state index is 0.0306. The van der Waals surface area contributed by atoms with E-state index in [1.165, 1.54) is 5.56 Å². The number of hydrogen-bond donors (Lipinski definition) is 0. The summed E-state index contributed by atoms with van der Waals surface area (Å²) in [5.74, 6) is -0.997. The van der Waals surface area contributed by atoms with E-state index in [4.69, 9.17) is 4.74 Å². The highest BCUT2D eigenvalue weighted by atomic mass is 16.6. The molecule has 160 valence electrons. The van der Waals surface area contributed by atoms with Crippen LogP contribution in [-0.2, 0) is 20.9 Å². The number of carbonyl (C=O) groups is 2. The van der Waals surface area contributed by atoms with Crippen molar-refractivity contribution in [2.45, 2.75) is 58.1 Å². The van der Waals surface area contributed by atoms with Crippen molar-refractivity contribution < 1.29 is 14.3 Å². The number of ether oxygens (including phenoxy) is 1. The number of likely N-dealkylation sites (tertiary alicyclic amines) is 1. The van der Waals surface area contributed by atoms with Crippen LogP contribution in [0.3, 0.4) is 0 Å². The van der Waals surface area contributed by atoms with Gasteiger partial charge in [-0.2, -0.15) is 0 Å². The molecule has 1 saturated heterocycles. The molecule has 4 heteroatoms. The van der Waals surface area contributed by atoms with Crippen molar-refractivity contribution in [3.8, 4) is 0 Å². The van der Waals surface area contributed by atoms with Gasteiger partial charge in [-0.3, -0.25) is 14.5 Å². The number of Topliss-reactive ketones (excluding diaryl/α,β-unsaturated/α-hetero) is 1. The van der Waals surface area contributed by atoms with E-state index >= 15 is 0 Å². The van der Waals surface area contributed by atoms with Crippen LogP contribution in [0.2, 0.25) is 0 Å². The zero-order valence-electron chi connectivity index (χ0n) is 18.3. The normalized spacial score (nSPS) is 16.8. The minimum Gasteiger partial charge on any atom is -0.459 e. The van der Waals surface area contributed by atoms with E-state index in [1.54, 1.807) is 0 Å². The molecule has 0 saturated carbocycles. The highest BCUT2D eigenvalue weighted by Gasteiger charge is 2.34. The zero-order valence-corrected chi connectivity index (χ0v) is 18.3. The summed E-state index contributed by atoms with van der Waals surface area (Å²) < 4.78 is 5.58. The van der Waals surface area contributed by atoms with Gasteiger partial charge in [-0.1, -0.05) is 60.7 Å². The standard InChI is InChI=1S/C26H33NO3/c1-26(2,3)30-25(29)24(22-12-8-5-9-13-22)23(28)18-20-14-16-27(17-15-20)19-21-10-6-4-7-11-21/h4-13,20,24H,14-19H2,1-3H3. The summed E-state index contributed by atoms with van der Waals surface area (Å²) in [6, 6.07) is 19.8. The maximum Gasteiger partial charge on any atom is 0.321 e. The third-order valence-corrected chi connectivity index (χ3v) is 5.54. The molecule has 4 nitrogen and oxygen atoms in total. The molecule has 30 heavy (non-hydrogen) atoms. The van der Waals surface area contributed by atoms with Gasteiger partial charge in [-0.05, 0) is 63.7 Å². The summed E-state index contributed by atoms with van der Waals surface area (Å²) in [5.41, 5.74) is 1.42. The average molecular weight is 408 g/mol. The van der Waals surface area contributed by atoms with E-state index in [2.05, 4.69) is 29.2 Å². The maximum atomic E-state index is 13.2. The van der Waals surface area contributed by atoms with Gasteiger partial charge in [0.15, 0.2) is 5.78 Å². The second-order valence-electron chi connectivity index (χ2n) is 9.25. The van der Waals surface area contributed by atoms with Crippen LogP contribution in [0.5, 0.6) is 0 Å². The molecular weight excluding hydrogens is 374 g/mol. The summed E-state index contributed by atoms with van der Waals surface area (Å²) in [6.45, 7) is 8.41. The van der Waals surface area contributed by atoms with Crippen molar-refractivity contribution in [2.75, 3.05) is 13.1 Å². The number of piperidine rings is 1. The van der Waals surface area contributed by atoms with Crippen LogP contribution in [0.4, 0.5) is 0 Å². The van der Waals surface area contributed by atoms with E-state index in [0.29, 0.717) is 12.3 Å². The number of hydrogen-bond acceptors (Lipinski definition) is 4. The molecule has 0 bridgehead atoms. The maximum absolute atomic E-state index is 13.2. The number of esters is 1. The molecule has 2 aromatic rings. The minimum atomic E-state index is -0.840. The average Bonchev–Trinajstić information content (AvgIpc) is 2.70. The van der Waals surface area contributed by atoms with E-state index in [9.17, 15) is 9.59 Å². The molecule has 0 spiro atoms. The molecule has 0 N–H and O–H groups in total. The van der Waals surface area contributed by atoms with Crippen molar-refractivity contribution >= 4 is 11.8 Å². The molecule has 0 amide bonds. The third kappa shape index (κ3) is 6.53. The van der Waals surface area contributed by atoms with Gasteiger partial charge in [0.1, 0.15) is 11.5 Å². The van der Waals surface area contributed by atoms with Gasteiger partial charge in [0.2, 0.25) is 0 Å². The molecule has 2 aromatic carbocycles. The first-order chi connectivity index (χ1) is 14.3. The molecule has 0 radical (unpaired) electrons. The fourth-order valence-electron chi connectivity index (χ4n) is 4.05. The lowest BCUT2D eigenvalue weighted by atomic mass is 9.85. The van der Waals surface area contributed by atoms with E-state index in [-0.39, 0.29) is 5.78 Å².